The maximum absolute atomic E-state index is 5.92. The first-order valence-electron chi connectivity index (χ1n) is 6.55. The standard InChI is InChI=1S/C15H15N3OS2/c1-10-3-2-4-11(9-10)19-6-8-21-15-17-13(16)12-5-7-20-14(12)18-15/h2-5,7,9H,6,8H2,1H3,(H2,16,17,18). The molecule has 0 radical (unpaired) electrons. The lowest BCUT2D eigenvalue weighted by Gasteiger charge is -2.06. The second kappa shape index (κ2) is 6.32. The summed E-state index contributed by atoms with van der Waals surface area (Å²) in [5, 5.41) is 3.61. The average molecular weight is 317 g/mol. The molecule has 0 saturated heterocycles. The first kappa shape index (κ1) is 14.2. The Kier molecular flexibility index (Phi) is 4.26. The zero-order chi connectivity index (χ0) is 14.7. The van der Waals surface area contributed by atoms with E-state index in [1.54, 1.807) is 23.1 Å². The maximum atomic E-state index is 5.92. The van der Waals surface area contributed by atoms with Crippen LogP contribution < -0.4 is 10.5 Å². The number of aryl methyl sites for hydroxylation is 1. The predicted octanol–water partition coefficient (Wildman–Crippen LogP) is 3.75. The number of rotatable bonds is 5. The van der Waals surface area contributed by atoms with E-state index in [2.05, 4.69) is 23.0 Å². The minimum absolute atomic E-state index is 0.545. The molecule has 2 heterocycles. The second-order valence-electron chi connectivity index (χ2n) is 4.54. The van der Waals surface area contributed by atoms with E-state index in [-0.39, 0.29) is 0 Å². The molecule has 0 aliphatic rings. The van der Waals surface area contributed by atoms with Crippen molar-refractivity contribution in [2.75, 3.05) is 18.1 Å². The monoisotopic (exact) mass is 317 g/mol. The number of fused-ring (bicyclic) bond motifs is 1. The van der Waals surface area contributed by atoms with Gasteiger partial charge in [-0.25, -0.2) is 9.97 Å². The Morgan fingerprint density at radius 3 is 3.05 bits per heavy atom. The molecule has 2 N–H and O–H groups in total. The van der Waals surface area contributed by atoms with Crippen LogP contribution in [0, 0.1) is 6.92 Å². The van der Waals surface area contributed by atoms with Gasteiger partial charge >= 0.3 is 0 Å². The molecule has 21 heavy (non-hydrogen) atoms. The van der Waals surface area contributed by atoms with Gasteiger partial charge in [0.2, 0.25) is 0 Å². The molecule has 0 atom stereocenters. The van der Waals surface area contributed by atoms with Crippen LogP contribution in [-0.4, -0.2) is 22.3 Å². The van der Waals surface area contributed by atoms with Crippen LogP contribution in [0.4, 0.5) is 5.82 Å². The first-order chi connectivity index (χ1) is 10.2. The molecule has 108 valence electrons. The summed E-state index contributed by atoms with van der Waals surface area (Å²) in [5.41, 5.74) is 7.12. The zero-order valence-corrected chi connectivity index (χ0v) is 13.2. The molecule has 3 aromatic rings. The summed E-state index contributed by atoms with van der Waals surface area (Å²) in [5.74, 6) is 2.22. The predicted molar refractivity (Wildman–Crippen MR) is 89.2 cm³/mol. The number of nitrogens with zero attached hydrogens (tertiary/aromatic N) is 2. The normalized spacial score (nSPS) is 10.9. The van der Waals surface area contributed by atoms with Crippen LogP contribution in [0.25, 0.3) is 10.2 Å². The van der Waals surface area contributed by atoms with Crippen molar-refractivity contribution in [3.63, 3.8) is 0 Å². The van der Waals surface area contributed by atoms with Gasteiger partial charge in [-0.05, 0) is 36.1 Å². The van der Waals surface area contributed by atoms with E-state index >= 15 is 0 Å². The van der Waals surface area contributed by atoms with Crippen molar-refractivity contribution in [1.82, 2.24) is 9.97 Å². The number of aromatic nitrogens is 2. The van der Waals surface area contributed by atoms with Crippen molar-refractivity contribution in [3.05, 3.63) is 41.3 Å². The van der Waals surface area contributed by atoms with Crippen LogP contribution in [-0.2, 0) is 0 Å². The van der Waals surface area contributed by atoms with Crippen molar-refractivity contribution in [2.24, 2.45) is 0 Å². The molecule has 0 aliphatic carbocycles. The van der Waals surface area contributed by atoms with Gasteiger partial charge in [0.25, 0.3) is 0 Å². The Morgan fingerprint density at radius 2 is 2.19 bits per heavy atom. The number of thiophene rings is 1. The van der Waals surface area contributed by atoms with Crippen LogP contribution in [0.3, 0.4) is 0 Å². The molecule has 3 rings (SSSR count). The van der Waals surface area contributed by atoms with Crippen LogP contribution in [0.1, 0.15) is 5.56 Å². The quantitative estimate of drug-likeness (QED) is 0.441. The lowest BCUT2D eigenvalue weighted by Crippen LogP contribution is -2.02. The van der Waals surface area contributed by atoms with Gasteiger partial charge in [0.1, 0.15) is 16.4 Å². The molecule has 0 bridgehead atoms. The minimum Gasteiger partial charge on any atom is -0.493 e. The number of hydrogen-bond donors (Lipinski definition) is 1. The third kappa shape index (κ3) is 3.46. The number of anilines is 1. The third-order valence-corrected chi connectivity index (χ3v) is 4.52. The Bertz CT molecular complexity index is 758. The number of hydrogen-bond acceptors (Lipinski definition) is 6. The van der Waals surface area contributed by atoms with E-state index in [4.69, 9.17) is 10.5 Å². The smallest absolute Gasteiger partial charge is 0.191 e. The summed E-state index contributed by atoms with van der Waals surface area (Å²) < 4.78 is 5.71. The van der Waals surface area contributed by atoms with E-state index in [0.717, 1.165) is 21.7 Å². The lowest BCUT2D eigenvalue weighted by atomic mass is 10.2. The fourth-order valence-electron chi connectivity index (χ4n) is 1.92. The highest BCUT2D eigenvalue weighted by Gasteiger charge is 2.06. The highest BCUT2D eigenvalue weighted by atomic mass is 32.2. The van der Waals surface area contributed by atoms with E-state index in [9.17, 15) is 0 Å². The molecule has 6 heteroatoms. The van der Waals surface area contributed by atoms with Crippen molar-refractivity contribution < 1.29 is 4.74 Å². The van der Waals surface area contributed by atoms with Gasteiger partial charge in [0.15, 0.2) is 5.16 Å². The van der Waals surface area contributed by atoms with Crippen LogP contribution in [0.2, 0.25) is 0 Å². The van der Waals surface area contributed by atoms with Crippen molar-refractivity contribution in [2.45, 2.75) is 12.1 Å². The Morgan fingerprint density at radius 1 is 1.29 bits per heavy atom. The van der Waals surface area contributed by atoms with Gasteiger partial charge in [0, 0.05) is 5.75 Å². The van der Waals surface area contributed by atoms with Gasteiger partial charge in [-0.3, -0.25) is 0 Å². The van der Waals surface area contributed by atoms with E-state index in [1.807, 2.05) is 29.6 Å². The number of thioether (sulfide) groups is 1. The summed E-state index contributed by atoms with van der Waals surface area (Å²) in [7, 11) is 0. The Labute approximate surface area is 131 Å². The van der Waals surface area contributed by atoms with Crippen molar-refractivity contribution in [3.8, 4) is 5.75 Å². The summed E-state index contributed by atoms with van der Waals surface area (Å²) >= 11 is 3.13. The molecule has 0 fully saturated rings. The summed E-state index contributed by atoms with van der Waals surface area (Å²) in [6, 6.07) is 9.98. The second-order valence-corrected chi connectivity index (χ2v) is 6.50. The summed E-state index contributed by atoms with van der Waals surface area (Å²) in [6.07, 6.45) is 0. The highest BCUT2D eigenvalue weighted by molar-refractivity contribution is 7.99. The molecule has 0 saturated carbocycles. The topological polar surface area (TPSA) is 61.0 Å². The van der Waals surface area contributed by atoms with Crippen molar-refractivity contribution >= 4 is 39.1 Å². The maximum Gasteiger partial charge on any atom is 0.191 e. The number of nitrogens with two attached hydrogens (primary N) is 1. The molecule has 0 unspecified atom stereocenters. The fourth-order valence-corrected chi connectivity index (χ4v) is 3.42. The molecule has 0 amide bonds. The molecule has 0 spiro atoms. The zero-order valence-electron chi connectivity index (χ0n) is 11.6. The number of benzene rings is 1. The number of nitrogen functional groups attached to an aromatic ring is 1. The Balaban J connectivity index is 1.57. The van der Waals surface area contributed by atoms with Crippen LogP contribution >= 0.6 is 23.1 Å². The average Bonchev–Trinajstić information content (AvgIpc) is 2.93. The third-order valence-electron chi connectivity index (χ3n) is 2.91. The molecular formula is C15H15N3OS2. The minimum atomic E-state index is 0.545. The van der Waals surface area contributed by atoms with Gasteiger partial charge in [-0.2, -0.15) is 0 Å². The van der Waals surface area contributed by atoms with Crippen LogP contribution in [0.15, 0.2) is 40.9 Å². The van der Waals surface area contributed by atoms with E-state index < -0.39 is 0 Å². The summed E-state index contributed by atoms with van der Waals surface area (Å²) in [4.78, 5) is 9.74. The number of ether oxygens (including phenoxy) is 1. The van der Waals surface area contributed by atoms with Gasteiger partial charge in [-0.1, -0.05) is 23.9 Å². The Hall–Kier alpha value is -1.79. The van der Waals surface area contributed by atoms with Gasteiger partial charge in [0.05, 0.1) is 12.0 Å². The first-order valence-corrected chi connectivity index (χ1v) is 8.42. The van der Waals surface area contributed by atoms with Crippen molar-refractivity contribution in [1.29, 1.82) is 0 Å². The lowest BCUT2D eigenvalue weighted by molar-refractivity contribution is 0.343. The van der Waals surface area contributed by atoms with Gasteiger partial charge in [-0.15, -0.1) is 11.3 Å². The van der Waals surface area contributed by atoms with Crippen LogP contribution in [0.5, 0.6) is 5.75 Å². The van der Waals surface area contributed by atoms with Gasteiger partial charge < -0.3 is 10.5 Å². The molecule has 1 aromatic carbocycles. The highest BCUT2D eigenvalue weighted by Crippen LogP contribution is 2.26. The van der Waals surface area contributed by atoms with E-state index in [1.165, 1.54) is 5.56 Å². The molecule has 2 aromatic heterocycles. The van der Waals surface area contributed by atoms with E-state index in [0.29, 0.717) is 17.6 Å². The molecule has 0 aliphatic heterocycles. The molecule has 4 nitrogen and oxygen atoms in total. The largest absolute Gasteiger partial charge is 0.493 e. The summed E-state index contributed by atoms with van der Waals surface area (Å²) in [6.45, 7) is 2.66. The fraction of sp³-hybridized carbons (Fsp3) is 0.200. The molecular weight excluding hydrogens is 302 g/mol. The SMILES string of the molecule is Cc1cccc(OCCSc2nc(N)c3ccsc3n2)c1.